The summed E-state index contributed by atoms with van der Waals surface area (Å²) in [7, 11) is 0. The lowest BCUT2D eigenvalue weighted by atomic mass is 10.0. The summed E-state index contributed by atoms with van der Waals surface area (Å²) >= 11 is 5.32. The molecule has 4 heteroatoms. The van der Waals surface area contributed by atoms with Gasteiger partial charge in [0.15, 0.2) is 0 Å². The van der Waals surface area contributed by atoms with Crippen LogP contribution in [0.2, 0.25) is 0 Å². The lowest BCUT2D eigenvalue weighted by molar-refractivity contribution is -0.122. The van der Waals surface area contributed by atoms with Gasteiger partial charge in [0.25, 0.3) is 0 Å². The number of halogens is 1. The molecule has 1 heterocycles. The van der Waals surface area contributed by atoms with Crippen LogP contribution in [0.1, 0.15) is 43.4 Å². The van der Waals surface area contributed by atoms with E-state index in [0.29, 0.717) is 6.42 Å². The molecule has 2 rings (SSSR count). The van der Waals surface area contributed by atoms with Crippen molar-refractivity contribution in [3.63, 3.8) is 0 Å². The Hall–Kier alpha value is -0.350. The van der Waals surface area contributed by atoms with Crippen molar-refractivity contribution in [1.82, 2.24) is 5.32 Å². The highest BCUT2D eigenvalue weighted by Crippen LogP contribution is 2.31. The van der Waals surface area contributed by atoms with Crippen molar-refractivity contribution in [1.29, 1.82) is 0 Å². The highest BCUT2D eigenvalue weighted by molar-refractivity contribution is 9.09. The zero-order chi connectivity index (χ0) is 12.8. The van der Waals surface area contributed by atoms with Gasteiger partial charge in [0.05, 0.1) is 0 Å². The van der Waals surface area contributed by atoms with Crippen LogP contribution in [-0.2, 0) is 11.2 Å². The second-order valence-electron chi connectivity index (χ2n) is 5.10. The number of amides is 1. The maximum absolute atomic E-state index is 12.0. The molecule has 2 nitrogen and oxygen atoms in total. The molecule has 0 aromatic carbocycles. The molecule has 0 unspecified atom stereocenters. The zero-order valence-corrected chi connectivity index (χ0v) is 13.0. The Morgan fingerprint density at radius 3 is 2.83 bits per heavy atom. The van der Waals surface area contributed by atoms with Gasteiger partial charge in [-0.15, -0.1) is 11.3 Å². The topological polar surface area (TPSA) is 29.1 Å². The van der Waals surface area contributed by atoms with Gasteiger partial charge in [-0.25, -0.2) is 0 Å². The second kappa shape index (κ2) is 6.71. The first-order valence-corrected chi connectivity index (χ1v) is 8.64. The van der Waals surface area contributed by atoms with Crippen LogP contribution in [-0.4, -0.2) is 16.8 Å². The van der Waals surface area contributed by atoms with Gasteiger partial charge in [0, 0.05) is 22.2 Å². The van der Waals surface area contributed by atoms with Crippen LogP contribution in [0.5, 0.6) is 0 Å². The van der Waals surface area contributed by atoms with E-state index in [1.165, 1.54) is 17.7 Å². The minimum atomic E-state index is 0.0417. The van der Waals surface area contributed by atoms with Crippen molar-refractivity contribution in [3.05, 3.63) is 22.4 Å². The number of carbonyl (C=O) groups excluding carboxylic acids is 1. The van der Waals surface area contributed by atoms with Gasteiger partial charge in [0.1, 0.15) is 0 Å². The van der Waals surface area contributed by atoms with Crippen molar-refractivity contribution in [2.75, 3.05) is 5.33 Å². The van der Waals surface area contributed by atoms with Crippen molar-refractivity contribution < 1.29 is 4.79 Å². The molecule has 0 bridgehead atoms. The summed E-state index contributed by atoms with van der Waals surface area (Å²) in [5.41, 5.74) is 0.0417. The number of hydrogen-bond donors (Lipinski definition) is 1. The standard InChI is InChI=1S/C14H20BrNOS/c15-11-14(8-1-2-9-14)16-13(17)7-3-5-12-6-4-10-18-12/h4,6,10H,1-3,5,7-9,11H2,(H,16,17). The van der Waals surface area contributed by atoms with E-state index in [1.54, 1.807) is 11.3 Å². The molecule has 1 aliphatic rings. The Balaban J connectivity index is 1.71. The molecule has 1 aliphatic carbocycles. The molecule has 18 heavy (non-hydrogen) atoms. The summed E-state index contributed by atoms with van der Waals surface area (Å²) in [6.07, 6.45) is 7.33. The van der Waals surface area contributed by atoms with E-state index in [4.69, 9.17) is 0 Å². The average Bonchev–Trinajstić information content (AvgIpc) is 3.01. The summed E-state index contributed by atoms with van der Waals surface area (Å²) in [5, 5.41) is 6.22. The minimum absolute atomic E-state index is 0.0417. The molecule has 1 aromatic rings. The van der Waals surface area contributed by atoms with E-state index < -0.39 is 0 Å². The monoisotopic (exact) mass is 329 g/mol. The lowest BCUT2D eigenvalue weighted by Gasteiger charge is -2.28. The van der Waals surface area contributed by atoms with Gasteiger partial charge < -0.3 is 5.32 Å². The quantitative estimate of drug-likeness (QED) is 0.788. The van der Waals surface area contributed by atoms with E-state index in [2.05, 4.69) is 38.8 Å². The zero-order valence-electron chi connectivity index (χ0n) is 10.6. The summed E-state index contributed by atoms with van der Waals surface area (Å²) < 4.78 is 0. The highest BCUT2D eigenvalue weighted by atomic mass is 79.9. The van der Waals surface area contributed by atoms with E-state index in [0.717, 1.165) is 31.0 Å². The van der Waals surface area contributed by atoms with Crippen LogP contribution in [0, 0.1) is 0 Å². The van der Waals surface area contributed by atoms with Gasteiger partial charge in [0.2, 0.25) is 5.91 Å². The molecule has 1 aromatic heterocycles. The smallest absolute Gasteiger partial charge is 0.220 e. The molecular weight excluding hydrogens is 310 g/mol. The molecule has 1 amide bonds. The molecule has 0 aliphatic heterocycles. The van der Waals surface area contributed by atoms with Gasteiger partial charge in [-0.05, 0) is 37.1 Å². The number of nitrogens with one attached hydrogen (secondary N) is 1. The largest absolute Gasteiger partial charge is 0.350 e. The number of alkyl halides is 1. The molecule has 1 saturated carbocycles. The van der Waals surface area contributed by atoms with Crippen molar-refractivity contribution in [3.8, 4) is 0 Å². The summed E-state index contributed by atoms with van der Waals surface area (Å²) in [4.78, 5) is 13.3. The van der Waals surface area contributed by atoms with E-state index in [1.807, 2.05) is 0 Å². The van der Waals surface area contributed by atoms with Crippen LogP contribution >= 0.6 is 27.3 Å². The first kappa shape index (κ1) is 14.1. The Bertz CT molecular complexity index is 371. The van der Waals surface area contributed by atoms with Gasteiger partial charge >= 0.3 is 0 Å². The minimum Gasteiger partial charge on any atom is -0.350 e. The molecule has 0 spiro atoms. The predicted molar refractivity (Wildman–Crippen MR) is 80.4 cm³/mol. The third kappa shape index (κ3) is 3.82. The van der Waals surface area contributed by atoms with Crippen molar-refractivity contribution in [2.24, 2.45) is 0 Å². The molecule has 1 fully saturated rings. The summed E-state index contributed by atoms with van der Waals surface area (Å²) in [6.45, 7) is 0. The van der Waals surface area contributed by atoms with E-state index in [9.17, 15) is 4.79 Å². The maximum Gasteiger partial charge on any atom is 0.220 e. The third-order valence-corrected chi connectivity index (χ3v) is 5.64. The maximum atomic E-state index is 12.0. The molecule has 100 valence electrons. The van der Waals surface area contributed by atoms with Crippen molar-refractivity contribution in [2.45, 2.75) is 50.5 Å². The van der Waals surface area contributed by atoms with Crippen LogP contribution in [0.4, 0.5) is 0 Å². The van der Waals surface area contributed by atoms with Crippen molar-refractivity contribution >= 4 is 33.2 Å². The number of rotatable bonds is 6. The summed E-state index contributed by atoms with van der Waals surface area (Å²) in [5.74, 6) is 0.216. The number of thiophene rings is 1. The number of hydrogen-bond acceptors (Lipinski definition) is 2. The van der Waals surface area contributed by atoms with Crippen LogP contribution in [0.15, 0.2) is 17.5 Å². The number of aryl methyl sites for hydroxylation is 1. The first-order valence-electron chi connectivity index (χ1n) is 6.63. The SMILES string of the molecule is O=C(CCCc1cccs1)NC1(CBr)CCCC1. The van der Waals surface area contributed by atoms with E-state index >= 15 is 0 Å². The van der Waals surface area contributed by atoms with Gasteiger partial charge in [-0.3, -0.25) is 4.79 Å². The Morgan fingerprint density at radius 1 is 1.44 bits per heavy atom. The second-order valence-corrected chi connectivity index (χ2v) is 6.70. The summed E-state index contributed by atoms with van der Waals surface area (Å²) in [6, 6.07) is 4.21. The van der Waals surface area contributed by atoms with Crippen LogP contribution in [0.25, 0.3) is 0 Å². The van der Waals surface area contributed by atoms with Crippen LogP contribution < -0.4 is 5.32 Å². The molecule has 0 atom stereocenters. The number of carbonyl (C=O) groups is 1. The Kier molecular flexibility index (Phi) is 5.25. The average molecular weight is 330 g/mol. The molecule has 0 saturated heterocycles. The molecule has 0 radical (unpaired) electrons. The van der Waals surface area contributed by atoms with Gasteiger partial charge in [-0.1, -0.05) is 34.8 Å². The fourth-order valence-corrected chi connectivity index (χ4v) is 4.03. The van der Waals surface area contributed by atoms with Crippen LogP contribution in [0.3, 0.4) is 0 Å². The van der Waals surface area contributed by atoms with E-state index in [-0.39, 0.29) is 11.4 Å². The highest BCUT2D eigenvalue weighted by Gasteiger charge is 2.33. The third-order valence-electron chi connectivity index (χ3n) is 3.63. The Morgan fingerprint density at radius 2 is 2.22 bits per heavy atom. The molecule has 1 N–H and O–H groups in total. The fraction of sp³-hybridized carbons (Fsp3) is 0.643. The predicted octanol–water partition coefficient (Wildman–Crippen LogP) is 3.89. The van der Waals surface area contributed by atoms with Gasteiger partial charge in [-0.2, -0.15) is 0 Å². The first-order chi connectivity index (χ1) is 8.74. The fourth-order valence-electron chi connectivity index (χ4n) is 2.58. The lowest BCUT2D eigenvalue weighted by Crippen LogP contribution is -2.47. The normalized spacial score (nSPS) is 17.8. The Labute approximate surface area is 121 Å². The molecular formula is C14H20BrNOS.